The van der Waals surface area contributed by atoms with Crippen LogP contribution in [0.3, 0.4) is 0 Å². The van der Waals surface area contributed by atoms with Crippen LogP contribution in [0, 0.1) is 0 Å². The number of aliphatic carboxylic acids is 1. The fraction of sp³-hybridized carbons (Fsp3) is 0.100. The van der Waals surface area contributed by atoms with Crippen LogP contribution in [0.1, 0.15) is 5.69 Å². The first-order chi connectivity index (χ1) is 7.25. The quantitative estimate of drug-likeness (QED) is 0.857. The Morgan fingerprint density at radius 1 is 1.40 bits per heavy atom. The van der Waals surface area contributed by atoms with Crippen LogP contribution in [0.5, 0.6) is 0 Å². The van der Waals surface area contributed by atoms with Crippen molar-refractivity contribution in [3.8, 4) is 10.6 Å². The molecule has 15 heavy (non-hydrogen) atoms. The van der Waals surface area contributed by atoms with Gasteiger partial charge in [-0.2, -0.15) is 0 Å². The van der Waals surface area contributed by atoms with E-state index < -0.39 is 5.97 Å². The van der Waals surface area contributed by atoms with Crippen LogP contribution in [-0.2, 0) is 11.2 Å². The summed E-state index contributed by atoms with van der Waals surface area (Å²) in [5, 5.41) is 11.2. The summed E-state index contributed by atoms with van der Waals surface area (Å²) in [7, 11) is 0. The SMILES string of the molecule is O=C(O)Cc1csc(-c2ccncc2)n1. The predicted molar refractivity (Wildman–Crippen MR) is 56.7 cm³/mol. The molecule has 5 heteroatoms. The molecule has 2 heterocycles. The highest BCUT2D eigenvalue weighted by Gasteiger charge is 2.07. The lowest BCUT2D eigenvalue weighted by Crippen LogP contribution is -1.99. The monoisotopic (exact) mass is 220 g/mol. The maximum Gasteiger partial charge on any atom is 0.309 e. The molecule has 4 nitrogen and oxygen atoms in total. The van der Waals surface area contributed by atoms with Crippen molar-refractivity contribution in [1.29, 1.82) is 0 Å². The van der Waals surface area contributed by atoms with E-state index in [4.69, 9.17) is 5.11 Å². The smallest absolute Gasteiger partial charge is 0.309 e. The highest BCUT2D eigenvalue weighted by Crippen LogP contribution is 2.22. The second kappa shape index (κ2) is 4.18. The zero-order valence-corrected chi connectivity index (χ0v) is 8.57. The molecule has 76 valence electrons. The molecule has 0 amide bonds. The van der Waals surface area contributed by atoms with Gasteiger partial charge in [-0.15, -0.1) is 11.3 Å². The average Bonchev–Trinajstić information content (AvgIpc) is 2.67. The number of hydrogen-bond donors (Lipinski definition) is 1. The Balaban J connectivity index is 2.24. The predicted octanol–water partition coefficient (Wildman–Crippen LogP) is 1.83. The van der Waals surface area contributed by atoms with Crippen molar-refractivity contribution in [2.24, 2.45) is 0 Å². The summed E-state index contributed by atoms with van der Waals surface area (Å²) in [6, 6.07) is 3.70. The zero-order valence-electron chi connectivity index (χ0n) is 7.75. The molecule has 0 bridgehead atoms. The molecule has 0 spiro atoms. The maximum absolute atomic E-state index is 10.5. The van der Waals surface area contributed by atoms with Gasteiger partial charge >= 0.3 is 5.97 Å². The summed E-state index contributed by atoms with van der Waals surface area (Å²) < 4.78 is 0. The van der Waals surface area contributed by atoms with Crippen LogP contribution in [0.25, 0.3) is 10.6 Å². The van der Waals surface area contributed by atoms with Crippen LogP contribution in [0.4, 0.5) is 0 Å². The Hall–Kier alpha value is -1.75. The lowest BCUT2D eigenvalue weighted by atomic mass is 10.3. The van der Waals surface area contributed by atoms with Crippen molar-refractivity contribution in [1.82, 2.24) is 9.97 Å². The number of carbonyl (C=O) groups is 1. The van der Waals surface area contributed by atoms with Gasteiger partial charge in [-0.05, 0) is 12.1 Å². The number of hydrogen-bond acceptors (Lipinski definition) is 4. The molecule has 0 unspecified atom stereocenters. The van der Waals surface area contributed by atoms with Crippen molar-refractivity contribution in [2.75, 3.05) is 0 Å². The fourth-order valence-corrected chi connectivity index (χ4v) is 2.00. The summed E-state index contributed by atoms with van der Waals surface area (Å²) in [5.41, 5.74) is 1.56. The van der Waals surface area contributed by atoms with Gasteiger partial charge in [0.1, 0.15) is 5.01 Å². The largest absolute Gasteiger partial charge is 0.481 e. The van der Waals surface area contributed by atoms with E-state index in [1.165, 1.54) is 11.3 Å². The molecule has 0 aliphatic heterocycles. The number of thiazole rings is 1. The van der Waals surface area contributed by atoms with Crippen molar-refractivity contribution in [2.45, 2.75) is 6.42 Å². The Morgan fingerprint density at radius 3 is 2.80 bits per heavy atom. The van der Waals surface area contributed by atoms with E-state index in [1.54, 1.807) is 17.8 Å². The summed E-state index contributed by atoms with van der Waals surface area (Å²) >= 11 is 1.44. The minimum atomic E-state index is -0.860. The second-order valence-corrected chi connectivity index (χ2v) is 3.81. The van der Waals surface area contributed by atoms with Gasteiger partial charge in [-0.25, -0.2) is 4.98 Å². The first kappa shape index (κ1) is 9.79. The van der Waals surface area contributed by atoms with Gasteiger partial charge in [-0.3, -0.25) is 9.78 Å². The third-order valence-electron chi connectivity index (χ3n) is 1.81. The Kier molecular flexibility index (Phi) is 2.73. The molecule has 0 fully saturated rings. The summed E-state index contributed by atoms with van der Waals surface area (Å²) in [6.45, 7) is 0. The number of pyridine rings is 1. The van der Waals surface area contributed by atoms with Gasteiger partial charge in [0.05, 0.1) is 12.1 Å². The van der Waals surface area contributed by atoms with E-state index in [0.717, 1.165) is 10.6 Å². The van der Waals surface area contributed by atoms with Gasteiger partial charge in [-0.1, -0.05) is 0 Å². The Labute approximate surface area is 90.3 Å². The van der Waals surface area contributed by atoms with Crippen LogP contribution in [0.2, 0.25) is 0 Å². The van der Waals surface area contributed by atoms with Crippen molar-refractivity contribution < 1.29 is 9.90 Å². The molecule has 0 saturated heterocycles. The Morgan fingerprint density at radius 2 is 2.13 bits per heavy atom. The first-order valence-electron chi connectivity index (χ1n) is 4.32. The third-order valence-corrected chi connectivity index (χ3v) is 2.75. The van der Waals surface area contributed by atoms with E-state index >= 15 is 0 Å². The molecule has 2 aromatic rings. The summed E-state index contributed by atoms with van der Waals surface area (Å²) in [4.78, 5) is 18.6. The summed E-state index contributed by atoms with van der Waals surface area (Å²) in [6.07, 6.45) is 3.35. The number of nitrogens with zero attached hydrogens (tertiary/aromatic N) is 2. The average molecular weight is 220 g/mol. The van der Waals surface area contributed by atoms with Crippen LogP contribution in [0.15, 0.2) is 29.9 Å². The molecule has 1 N–H and O–H groups in total. The number of aromatic nitrogens is 2. The van der Waals surface area contributed by atoms with Crippen molar-refractivity contribution in [3.63, 3.8) is 0 Å². The third kappa shape index (κ3) is 2.38. The topological polar surface area (TPSA) is 63.1 Å². The standard InChI is InChI=1S/C10H8N2O2S/c13-9(14)5-8-6-15-10(12-8)7-1-3-11-4-2-7/h1-4,6H,5H2,(H,13,14). The lowest BCUT2D eigenvalue weighted by Gasteiger charge is -1.93. The van der Waals surface area contributed by atoms with Gasteiger partial charge in [0, 0.05) is 23.3 Å². The van der Waals surface area contributed by atoms with E-state index in [9.17, 15) is 4.79 Å². The maximum atomic E-state index is 10.5. The van der Waals surface area contributed by atoms with Crippen LogP contribution in [-0.4, -0.2) is 21.0 Å². The van der Waals surface area contributed by atoms with Crippen LogP contribution >= 0.6 is 11.3 Å². The molecule has 0 atom stereocenters. The molecule has 2 rings (SSSR count). The minimum absolute atomic E-state index is 0.0262. The Bertz CT molecular complexity index is 467. The van der Waals surface area contributed by atoms with E-state index in [0.29, 0.717) is 5.69 Å². The van der Waals surface area contributed by atoms with E-state index in [2.05, 4.69) is 9.97 Å². The van der Waals surface area contributed by atoms with Crippen molar-refractivity contribution >= 4 is 17.3 Å². The van der Waals surface area contributed by atoms with E-state index in [-0.39, 0.29) is 6.42 Å². The molecule has 0 radical (unpaired) electrons. The fourth-order valence-electron chi connectivity index (χ4n) is 1.17. The molecular formula is C10H8N2O2S. The lowest BCUT2D eigenvalue weighted by molar-refractivity contribution is -0.136. The van der Waals surface area contributed by atoms with Gasteiger partial charge in [0.2, 0.25) is 0 Å². The normalized spacial score (nSPS) is 10.1. The van der Waals surface area contributed by atoms with Gasteiger partial charge in [0.25, 0.3) is 0 Å². The first-order valence-corrected chi connectivity index (χ1v) is 5.20. The molecule has 0 aliphatic rings. The highest BCUT2D eigenvalue weighted by molar-refractivity contribution is 7.13. The van der Waals surface area contributed by atoms with E-state index in [1.807, 2.05) is 12.1 Å². The van der Waals surface area contributed by atoms with Gasteiger partial charge < -0.3 is 5.11 Å². The van der Waals surface area contributed by atoms with Crippen molar-refractivity contribution in [3.05, 3.63) is 35.6 Å². The number of carboxylic acid groups (broad SMARTS) is 1. The molecular weight excluding hydrogens is 212 g/mol. The molecule has 0 aromatic carbocycles. The number of carboxylic acids is 1. The second-order valence-electron chi connectivity index (χ2n) is 2.95. The summed E-state index contributed by atoms with van der Waals surface area (Å²) in [5.74, 6) is -0.860. The highest BCUT2D eigenvalue weighted by atomic mass is 32.1. The molecule has 0 aliphatic carbocycles. The van der Waals surface area contributed by atoms with Crippen LogP contribution < -0.4 is 0 Å². The molecule has 2 aromatic heterocycles. The number of rotatable bonds is 3. The van der Waals surface area contributed by atoms with Gasteiger partial charge in [0.15, 0.2) is 0 Å². The molecule has 0 saturated carbocycles. The minimum Gasteiger partial charge on any atom is -0.481 e. The zero-order chi connectivity index (χ0) is 10.7.